The van der Waals surface area contributed by atoms with Gasteiger partial charge in [-0.1, -0.05) is 0 Å². The van der Waals surface area contributed by atoms with E-state index < -0.39 is 17.8 Å². The summed E-state index contributed by atoms with van der Waals surface area (Å²) in [4.78, 5) is 37.1. The average molecular weight is 367 g/mol. The molecular formula is C18H22FNO6. The van der Waals surface area contributed by atoms with Crippen molar-refractivity contribution in [1.29, 1.82) is 0 Å². The quantitative estimate of drug-likeness (QED) is 0.706. The standard InChI is InChI=1S/C18H22FNO6/c1-25-13-8-12(9-18(23)24)20(10-13)17(22)6-4-15(21)11-3-5-16(26-2)14(19)7-11/h3,5,7,12-13H,4,6,8-10H2,1-2H3,(H,23,24). The number of aliphatic carboxylic acids is 1. The Morgan fingerprint density at radius 2 is 2.00 bits per heavy atom. The van der Waals surface area contributed by atoms with E-state index in [-0.39, 0.29) is 48.4 Å². The number of carbonyl (C=O) groups excluding carboxylic acids is 2. The molecule has 0 spiro atoms. The number of methoxy groups -OCH3 is 2. The van der Waals surface area contributed by atoms with Gasteiger partial charge in [-0.15, -0.1) is 0 Å². The van der Waals surface area contributed by atoms with E-state index in [4.69, 9.17) is 14.6 Å². The summed E-state index contributed by atoms with van der Waals surface area (Å²) in [6.45, 7) is 0.304. The molecule has 0 aliphatic carbocycles. The fourth-order valence-corrected chi connectivity index (χ4v) is 3.09. The molecule has 0 aromatic heterocycles. The molecule has 0 bridgehead atoms. The van der Waals surface area contributed by atoms with Gasteiger partial charge in [0.05, 0.1) is 19.6 Å². The van der Waals surface area contributed by atoms with E-state index in [0.717, 1.165) is 6.07 Å². The second-order valence-corrected chi connectivity index (χ2v) is 6.16. The minimum absolute atomic E-state index is 0.0387. The molecule has 1 aliphatic rings. The van der Waals surface area contributed by atoms with E-state index >= 15 is 0 Å². The molecule has 2 unspecified atom stereocenters. The van der Waals surface area contributed by atoms with E-state index in [1.807, 2.05) is 0 Å². The van der Waals surface area contributed by atoms with Crippen molar-refractivity contribution in [3.8, 4) is 5.75 Å². The number of carboxylic acid groups (broad SMARTS) is 1. The Morgan fingerprint density at radius 1 is 1.27 bits per heavy atom. The molecule has 1 aromatic rings. The topological polar surface area (TPSA) is 93.1 Å². The first-order valence-electron chi connectivity index (χ1n) is 8.26. The van der Waals surface area contributed by atoms with Crippen molar-refractivity contribution in [1.82, 2.24) is 4.90 Å². The third-order valence-corrected chi connectivity index (χ3v) is 4.48. The number of hydrogen-bond acceptors (Lipinski definition) is 5. The molecule has 0 saturated carbocycles. The lowest BCUT2D eigenvalue weighted by Gasteiger charge is -2.23. The molecule has 2 atom stereocenters. The van der Waals surface area contributed by atoms with Gasteiger partial charge in [0, 0.05) is 38.1 Å². The molecule has 1 heterocycles. The number of rotatable bonds is 8. The number of benzene rings is 1. The Balaban J connectivity index is 1.97. The molecule has 0 radical (unpaired) electrons. The summed E-state index contributed by atoms with van der Waals surface area (Å²) >= 11 is 0. The molecule has 2 rings (SSSR count). The highest BCUT2D eigenvalue weighted by molar-refractivity contribution is 5.98. The molecular weight excluding hydrogens is 345 g/mol. The van der Waals surface area contributed by atoms with E-state index in [9.17, 15) is 18.8 Å². The van der Waals surface area contributed by atoms with Crippen molar-refractivity contribution in [2.45, 2.75) is 37.8 Å². The number of likely N-dealkylation sites (tertiary alicyclic amines) is 1. The fourth-order valence-electron chi connectivity index (χ4n) is 3.09. The molecule has 1 amide bonds. The van der Waals surface area contributed by atoms with Gasteiger partial charge in [0.1, 0.15) is 0 Å². The first-order valence-corrected chi connectivity index (χ1v) is 8.26. The number of nitrogens with zero attached hydrogens (tertiary/aromatic N) is 1. The predicted molar refractivity (Wildman–Crippen MR) is 89.7 cm³/mol. The van der Waals surface area contributed by atoms with Crippen LogP contribution in [0.1, 0.15) is 36.0 Å². The van der Waals surface area contributed by atoms with Crippen LogP contribution in [0.5, 0.6) is 5.75 Å². The van der Waals surface area contributed by atoms with Crippen molar-refractivity contribution >= 4 is 17.7 Å². The van der Waals surface area contributed by atoms with E-state index in [1.54, 1.807) is 0 Å². The molecule has 26 heavy (non-hydrogen) atoms. The Morgan fingerprint density at radius 3 is 2.58 bits per heavy atom. The van der Waals surface area contributed by atoms with Crippen LogP contribution in [-0.4, -0.2) is 60.6 Å². The number of ketones is 1. The molecule has 7 nitrogen and oxygen atoms in total. The lowest BCUT2D eigenvalue weighted by atomic mass is 10.1. The fraction of sp³-hybridized carbons (Fsp3) is 0.500. The van der Waals surface area contributed by atoms with Gasteiger partial charge in [-0.05, 0) is 24.6 Å². The van der Waals surface area contributed by atoms with Crippen LogP contribution in [0.3, 0.4) is 0 Å². The molecule has 1 aromatic carbocycles. The molecule has 142 valence electrons. The van der Waals surface area contributed by atoms with Gasteiger partial charge >= 0.3 is 5.97 Å². The third-order valence-electron chi connectivity index (χ3n) is 4.48. The minimum atomic E-state index is -0.991. The van der Waals surface area contributed by atoms with Crippen molar-refractivity contribution in [2.75, 3.05) is 20.8 Å². The second kappa shape index (κ2) is 8.75. The van der Waals surface area contributed by atoms with Crippen LogP contribution in [0.2, 0.25) is 0 Å². The Kier molecular flexibility index (Phi) is 6.68. The highest BCUT2D eigenvalue weighted by Gasteiger charge is 2.36. The van der Waals surface area contributed by atoms with Crippen LogP contribution in [0.15, 0.2) is 18.2 Å². The van der Waals surface area contributed by atoms with E-state index in [2.05, 4.69) is 0 Å². The number of ether oxygens (including phenoxy) is 2. The Hall–Kier alpha value is -2.48. The van der Waals surface area contributed by atoms with Crippen LogP contribution >= 0.6 is 0 Å². The van der Waals surface area contributed by atoms with Crippen LogP contribution in [0.25, 0.3) is 0 Å². The van der Waals surface area contributed by atoms with Gasteiger partial charge in [0.15, 0.2) is 17.3 Å². The highest BCUT2D eigenvalue weighted by atomic mass is 19.1. The SMILES string of the molecule is COc1ccc(C(=O)CCC(=O)N2CC(OC)CC2CC(=O)O)cc1F. The molecule has 8 heteroatoms. The van der Waals surface area contributed by atoms with E-state index in [0.29, 0.717) is 13.0 Å². The maximum absolute atomic E-state index is 13.7. The summed E-state index contributed by atoms with van der Waals surface area (Å²) in [6.07, 6.45) is -0.0813. The second-order valence-electron chi connectivity index (χ2n) is 6.16. The van der Waals surface area contributed by atoms with Crippen molar-refractivity contribution < 1.29 is 33.4 Å². The molecule has 1 saturated heterocycles. The summed E-state index contributed by atoms with van der Waals surface area (Å²) < 4.78 is 23.7. The summed E-state index contributed by atoms with van der Waals surface area (Å²) in [6, 6.07) is 3.43. The third kappa shape index (κ3) is 4.78. The highest BCUT2D eigenvalue weighted by Crippen LogP contribution is 2.24. The number of halogens is 1. The summed E-state index contributed by atoms with van der Waals surface area (Å²) in [5.74, 6) is -2.27. The lowest BCUT2D eigenvalue weighted by molar-refractivity contribution is -0.139. The summed E-state index contributed by atoms with van der Waals surface area (Å²) in [5, 5.41) is 8.99. The monoisotopic (exact) mass is 367 g/mol. The summed E-state index contributed by atoms with van der Waals surface area (Å²) in [5.41, 5.74) is 0.161. The van der Waals surface area contributed by atoms with Gasteiger partial charge in [-0.3, -0.25) is 14.4 Å². The minimum Gasteiger partial charge on any atom is -0.494 e. The zero-order valence-electron chi connectivity index (χ0n) is 14.7. The number of amides is 1. The average Bonchev–Trinajstić information content (AvgIpc) is 3.01. The number of hydrogen-bond donors (Lipinski definition) is 1. The van der Waals surface area contributed by atoms with Crippen LogP contribution < -0.4 is 4.74 Å². The first kappa shape index (κ1) is 19.8. The van der Waals surface area contributed by atoms with Crippen LogP contribution in [-0.2, 0) is 14.3 Å². The Labute approximate surface area is 150 Å². The molecule has 1 N–H and O–H groups in total. The van der Waals surface area contributed by atoms with E-state index in [1.165, 1.54) is 31.3 Å². The van der Waals surface area contributed by atoms with Gasteiger partial charge in [-0.2, -0.15) is 0 Å². The van der Waals surface area contributed by atoms with Gasteiger partial charge in [-0.25, -0.2) is 4.39 Å². The van der Waals surface area contributed by atoms with Crippen molar-refractivity contribution in [3.63, 3.8) is 0 Å². The van der Waals surface area contributed by atoms with Gasteiger partial charge < -0.3 is 19.5 Å². The zero-order valence-corrected chi connectivity index (χ0v) is 14.7. The number of carbonyl (C=O) groups is 3. The van der Waals surface area contributed by atoms with Crippen molar-refractivity contribution in [2.24, 2.45) is 0 Å². The normalized spacial score (nSPS) is 19.4. The largest absolute Gasteiger partial charge is 0.494 e. The lowest BCUT2D eigenvalue weighted by Crippen LogP contribution is -2.37. The number of Topliss-reactive ketones (excluding diaryl/α,β-unsaturated/α-hetero) is 1. The maximum atomic E-state index is 13.7. The molecule has 1 aliphatic heterocycles. The van der Waals surface area contributed by atoms with Crippen molar-refractivity contribution in [3.05, 3.63) is 29.6 Å². The first-order chi connectivity index (χ1) is 12.3. The van der Waals surface area contributed by atoms with Gasteiger partial charge in [0.2, 0.25) is 5.91 Å². The van der Waals surface area contributed by atoms with Crippen LogP contribution in [0, 0.1) is 5.82 Å². The predicted octanol–water partition coefficient (Wildman–Crippen LogP) is 1.89. The smallest absolute Gasteiger partial charge is 0.305 e. The molecule has 1 fully saturated rings. The Bertz CT molecular complexity index is 692. The van der Waals surface area contributed by atoms with Gasteiger partial charge in [0.25, 0.3) is 0 Å². The number of carboxylic acids is 1. The zero-order chi connectivity index (χ0) is 19.3. The summed E-state index contributed by atoms with van der Waals surface area (Å²) in [7, 11) is 2.84. The maximum Gasteiger partial charge on any atom is 0.305 e. The van der Waals surface area contributed by atoms with Crippen LogP contribution in [0.4, 0.5) is 4.39 Å².